The zero-order valence-electron chi connectivity index (χ0n) is 24.7. The minimum absolute atomic E-state index is 0.0345. The molecule has 4 aromatic rings. The number of anilines is 1. The first-order chi connectivity index (χ1) is 21.4. The van der Waals surface area contributed by atoms with Crippen LogP contribution in [0.25, 0.3) is 16.7 Å². The van der Waals surface area contributed by atoms with Crippen LogP contribution in [0, 0.1) is 5.92 Å². The molecule has 1 saturated carbocycles. The van der Waals surface area contributed by atoms with Crippen molar-refractivity contribution in [3.05, 3.63) is 60.4 Å². The van der Waals surface area contributed by atoms with Crippen LogP contribution in [-0.4, -0.2) is 74.5 Å². The number of imidazole rings is 1. The maximum atomic E-state index is 13.2. The largest absolute Gasteiger partial charge is 0.493 e. The molecule has 6 rings (SSSR count). The Kier molecular flexibility index (Phi) is 8.46. The Morgan fingerprint density at radius 3 is 2.64 bits per heavy atom. The molecule has 15 heteroatoms. The van der Waals surface area contributed by atoms with Crippen molar-refractivity contribution in [2.24, 2.45) is 5.92 Å². The molecule has 1 aliphatic carbocycles. The summed E-state index contributed by atoms with van der Waals surface area (Å²) in [5.41, 5.74) is -0.0403. The summed E-state index contributed by atoms with van der Waals surface area (Å²) in [7, 11) is -3.04. The number of nitrogens with zero attached hydrogens (tertiary/aromatic N) is 6. The van der Waals surface area contributed by atoms with E-state index in [4.69, 9.17) is 9.72 Å². The molecule has 1 N–H and O–H groups in total. The number of fused-ring (bicyclic) bond motifs is 2. The van der Waals surface area contributed by atoms with Gasteiger partial charge in [0.25, 0.3) is 0 Å². The monoisotopic (exact) mass is 645 g/mol. The first kappa shape index (κ1) is 30.9. The summed E-state index contributed by atoms with van der Waals surface area (Å²) < 4.78 is 71.3. The van der Waals surface area contributed by atoms with Gasteiger partial charge in [0.05, 0.1) is 24.4 Å². The smallest absolute Gasteiger partial charge is 0.434 e. The van der Waals surface area contributed by atoms with Crippen LogP contribution in [0.2, 0.25) is 0 Å². The number of ether oxygens (including phenoxy) is 1. The third-order valence-corrected chi connectivity index (χ3v) is 9.34. The van der Waals surface area contributed by atoms with E-state index in [1.54, 1.807) is 17.2 Å². The minimum Gasteiger partial charge on any atom is -0.493 e. The molecule has 1 aliphatic heterocycles. The average Bonchev–Trinajstić information content (AvgIpc) is 3.64. The average molecular weight is 646 g/mol. The molecule has 1 fully saturated rings. The molecule has 0 bridgehead atoms. The summed E-state index contributed by atoms with van der Waals surface area (Å²) in [6.07, 6.45) is 4.48. The standard InChI is InChI=1S/C30H34F3N7O4S/c1-45(42,43)17-3-16-44-24-5-2-4-23-22(24)11-13-40(23)26-10-12-34-29(37-26)35-21-8-6-20(7-9-21)28(41)39-15-14-38-18-25(30(31,32)33)36-27(38)19-39/h2,4-5,10-13,18,20-21H,3,6-9,14-17,19H2,1H3,(H,34,35,37)/t20-,21-. The molecular weight excluding hydrogens is 611 g/mol. The van der Waals surface area contributed by atoms with Gasteiger partial charge in [-0.15, -0.1) is 0 Å². The highest BCUT2D eigenvalue weighted by atomic mass is 32.2. The van der Waals surface area contributed by atoms with Gasteiger partial charge in [0.2, 0.25) is 11.9 Å². The van der Waals surface area contributed by atoms with Crippen LogP contribution in [0.3, 0.4) is 0 Å². The Morgan fingerprint density at radius 2 is 1.89 bits per heavy atom. The summed E-state index contributed by atoms with van der Waals surface area (Å²) in [5, 5.41) is 4.28. The highest BCUT2D eigenvalue weighted by molar-refractivity contribution is 7.90. The van der Waals surface area contributed by atoms with Crippen LogP contribution in [0.5, 0.6) is 5.75 Å². The quantitative estimate of drug-likeness (QED) is 0.265. The van der Waals surface area contributed by atoms with Crippen molar-refractivity contribution < 1.29 is 31.1 Å². The van der Waals surface area contributed by atoms with Gasteiger partial charge in [-0.3, -0.25) is 4.79 Å². The van der Waals surface area contributed by atoms with E-state index in [-0.39, 0.29) is 36.0 Å². The number of halogens is 3. The van der Waals surface area contributed by atoms with Gasteiger partial charge in [0, 0.05) is 55.3 Å². The Hall–Kier alpha value is -4.14. The zero-order valence-corrected chi connectivity index (χ0v) is 25.5. The molecule has 0 radical (unpaired) electrons. The Labute approximate surface area is 258 Å². The fourth-order valence-corrected chi connectivity index (χ4v) is 6.67. The van der Waals surface area contributed by atoms with Crippen molar-refractivity contribution in [3.8, 4) is 11.6 Å². The molecule has 11 nitrogen and oxygen atoms in total. The van der Waals surface area contributed by atoms with E-state index in [2.05, 4.69) is 15.3 Å². The normalized spacial score (nSPS) is 19.0. The van der Waals surface area contributed by atoms with Gasteiger partial charge in [0.1, 0.15) is 27.2 Å². The number of hydrogen-bond donors (Lipinski definition) is 1. The maximum Gasteiger partial charge on any atom is 0.434 e. The summed E-state index contributed by atoms with van der Waals surface area (Å²) in [5.74, 6) is 1.91. The molecule has 1 aromatic carbocycles. The van der Waals surface area contributed by atoms with Gasteiger partial charge in [-0.2, -0.15) is 18.2 Å². The molecule has 45 heavy (non-hydrogen) atoms. The number of aromatic nitrogens is 5. The van der Waals surface area contributed by atoms with Crippen molar-refractivity contribution in [3.63, 3.8) is 0 Å². The first-order valence-corrected chi connectivity index (χ1v) is 16.9. The first-order valence-electron chi connectivity index (χ1n) is 14.9. The highest BCUT2D eigenvalue weighted by Crippen LogP contribution is 2.32. The third kappa shape index (κ3) is 7.08. The minimum atomic E-state index is -4.51. The third-order valence-electron chi connectivity index (χ3n) is 8.31. The Bertz CT molecular complexity index is 1800. The molecule has 3 aromatic heterocycles. The number of carbonyl (C=O) groups is 1. The molecule has 0 atom stereocenters. The fourth-order valence-electron chi connectivity index (χ4n) is 6.02. The number of amides is 1. The fraction of sp³-hybridized carbons (Fsp3) is 0.467. The Balaban J connectivity index is 1.05. The van der Waals surface area contributed by atoms with E-state index < -0.39 is 21.7 Å². The van der Waals surface area contributed by atoms with Gasteiger partial charge < -0.3 is 24.1 Å². The SMILES string of the molecule is CS(=O)(=O)CCCOc1cccc2c1ccn2-c1ccnc(N[C@H]2CC[C@H](C(=O)N3CCn4cc(C(F)(F)F)nc4C3)CC2)n1. The second kappa shape index (κ2) is 12.3. The molecule has 4 heterocycles. The van der Waals surface area contributed by atoms with Crippen LogP contribution in [0.15, 0.2) is 48.9 Å². The lowest BCUT2D eigenvalue weighted by Crippen LogP contribution is -2.43. The van der Waals surface area contributed by atoms with Crippen LogP contribution in [-0.2, 0) is 33.9 Å². The number of benzene rings is 1. The topological polar surface area (TPSA) is 124 Å². The Morgan fingerprint density at radius 1 is 1.09 bits per heavy atom. The van der Waals surface area contributed by atoms with Crippen molar-refractivity contribution >= 4 is 32.6 Å². The van der Waals surface area contributed by atoms with E-state index in [9.17, 15) is 26.4 Å². The van der Waals surface area contributed by atoms with Crippen molar-refractivity contribution in [1.29, 1.82) is 0 Å². The van der Waals surface area contributed by atoms with E-state index in [0.717, 1.165) is 29.9 Å². The van der Waals surface area contributed by atoms with E-state index in [1.807, 2.05) is 35.0 Å². The van der Waals surface area contributed by atoms with Crippen LogP contribution < -0.4 is 10.1 Å². The zero-order chi connectivity index (χ0) is 31.8. The highest BCUT2D eigenvalue weighted by Gasteiger charge is 2.37. The second-order valence-corrected chi connectivity index (χ2v) is 13.9. The number of rotatable bonds is 9. The number of carbonyl (C=O) groups excluding carboxylic acids is 1. The van der Waals surface area contributed by atoms with Crippen molar-refractivity contribution in [2.75, 3.05) is 30.5 Å². The van der Waals surface area contributed by atoms with Gasteiger partial charge in [-0.25, -0.2) is 18.4 Å². The number of hydrogen-bond acceptors (Lipinski definition) is 8. The number of sulfone groups is 1. The second-order valence-electron chi connectivity index (χ2n) is 11.6. The lowest BCUT2D eigenvalue weighted by Gasteiger charge is -2.34. The van der Waals surface area contributed by atoms with Crippen LogP contribution >= 0.6 is 0 Å². The summed E-state index contributed by atoms with van der Waals surface area (Å²) in [4.78, 5) is 27.7. The molecule has 0 unspecified atom stereocenters. The molecule has 2 aliphatic rings. The van der Waals surface area contributed by atoms with Crippen molar-refractivity contribution in [1.82, 2.24) is 29.0 Å². The molecule has 0 saturated heterocycles. The van der Waals surface area contributed by atoms with E-state index in [0.29, 0.717) is 56.5 Å². The van der Waals surface area contributed by atoms with Crippen LogP contribution in [0.4, 0.5) is 19.1 Å². The van der Waals surface area contributed by atoms with E-state index >= 15 is 0 Å². The molecular formula is C30H34F3N7O4S. The van der Waals surface area contributed by atoms with Gasteiger partial charge >= 0.3 is 6.18 Å². The maximum absolute atomic E-state index is 13.2. The van der Waals surface area contributed by atoms with Gasteiger partial charge in [-0.1, -0.05) is 6.07 Å². The van der Waals surface area contributed by atoms with Gasteiger partial charge in [0.15, 0.2) is 5.69 Å². The van der Waals surface area contributed by atoms with Crippen LogP contribution in [0.1, 0.15) is 43.6 Å². The molecule has 1 amide bonds. The lowest BCUT2D eigenvalue weighted by atomic mass is 9.85. The predicted molar refractivity (Wildman–Crippen MR) is 161 cm³/mol. The number of nitrogens with one attached hydrogen (secondary N) is 1. The summed E-state index contributed by atoms with van der Waals surface area (Å²) in [6, 6.07) is 9.50. The summed E-state index contributed by atoms with van der Waals surface area (Å²) >= 11 is 0. The van der Waals surface area contributed by atoms with Gasteiger partial charge in [-0.05, 0) is 56.4 Å². The van der Waals surface area contributed by atoms with Crippen molar-refractivity contribution in [2.45, 2.75) is 57.4 Å². The summed E-state index contributed by atoms with van der Waals surface area (Å²) in [6.45, 7) is 1.03. The molecule has 240 valence electrons. The number of alkyl halides is 3. The van der Waals surface area contributed by atoms with E-state index in [1.165, 1.54) is 10.8 Å². The molecule has 0 spiro atoms. The predicted octanol–water partition coefficient (Wildman–Crippen LogP) is 4.46. The lowest BCUT2D eigenvalue weighted by molar-refractivity contribution is -0.141.